The van der Waals surface area contributed by atoms with E-state index in [-0.39, 0.29) is 11.8 Å². The van der Waals surface area contributed by atoms with E-state index in [0.29, 0.717) is 13.0 Å². The average Bonchev–Trinajstić information content (AvgIpc) is 2.74. The van der Waals surface area contributed by atoms with Crippen LogP contribution in [-0.4, -0.2) is 40.1 Å². The van der Waals surface area contributed by atoms with Crippen LogP contribution >= 0.6 is 0 Å². The number of nitrogens with zero attached hydrogens (tertiary/aromatic N) is 2. The number of amides is 1. The number of benzene rings is 2. The third-order valence-corrected chi connectivity index (χ3v) is 5.75. The van der Waals surface area contributed by atoms with Gasteiger partial charge in [0.05, 0.1) is 11.6 Å². The molecule has 1 aliphatic rings. The van der Waals surface area contributed by atoms with Crippen LogP contribution in [0.15, 0.2) is 60.8 Å². The van der Waals surface area contributed by atoms with Crippen molar-refractivity contribution in [1.82, 2.24) is 9.88 Å². The first-order chi connectivity index (χ1) is 13.6. The number of para-hydroxylation sites is 1. The van der Waals surface area contributed by atoms with Crippen molar-refractivity contribution in [3.05, 3.63) is 66.4 Å². The molecule has 1 saturated heterocycles. The molecule has 144 valence electrons. The number of likely N-dealkylation sites (tertiary alicyclic amines) is 1. The third-order valence-electron chi connectivity index (χ3n) is 5.75. The normalized spacial score (nSPS) is 19.7. The van der Waals surface area contributed by atoms with Gasteiger partial charge in [0.25, 0.3) is 0 Å². The quantitative estimate of drug-likeness (QED) is 0.749. The lowest BCUT2D eigenvalue weighted by Gasteiger charge is -2.36. The van der Waals surface area contributed by atoms with Gasteiger partial charge < -0.3 is 10.0 Å². The lowest BCUT2D eigenvalue weighted by molar-refractivity contribution is -0.135. The molecule has 1 fully saturated rings. The zero-order valence-corrected chi connectivity index (χ0v) is 16.2. The molecule has 2 heterocycles. The van der Waals surface area contributed by atoms with Gasteiger partial charge in [-0.15, -0.1) is 0 Å². The van der Waals surface area contributed by atoms with Crippen molar-refractivity contribution >= 4 is 16.8 Å². The molecule has 4 nitrogen and oxygen atoms in total. The second kappa shape index (κ2) is 8.11. The van der Waals surface area contributed by atoms with E-state index in [1.807, 2.05) is 31.3 Å². The Morgan fingerprint density at radius 3 is 2.68 bits per heavy atom. The maximum absolute atomic E-state index is 11.8. The molecule has 0 aliphatic carbocycles. The summed E-state index contributed by atoms with van der Waals surface area (Å²) in [5.74, 6) is 0.333. The predicted molar refractivity (Wildman–Crippen MR) is 112 cm³/mol. The largest absolute Gasteiger partial charge is 0.391 e. The second-order valence-electron chi connectivity index (χ2n) is 7.63. The molecule has 0 saturated carbocycles. The number of hydrogen-bond acceptors (Lipinski definition) is 3. The summed E-state index contributed by atoms with van der Waals surface area (Å²) in [7, 11) is 0. The van der Waals surface area contributed by atoms with Crippen molar-refractivity contribution in [1.29, 1.82) is 0 Å². The summed E-state index contributed by atoms with van der Waals surface area (Å²) in [5.41, 5.74) is 4.48. The van der Waals surface area contributed by atoms with Crippen LogP contribution in [0.3, 0.4) is 0 Å². The van der Waals surface area contributed by atoms with E-state index in [9.17, 15) is 9.90 Å². The molecular weight excluding hydrogens is 348 g/mol. The summed E-state index contributed by atoms with van der Waals surface area (Å²) in [5, 5.41) is 11.6. The molecule has 0 radical (unpaired) electrons. The Labute approximate surface area is 165 Å². The van der Waals surface area contributed by atoms with Crippen molar-refractivity contribution in [2.24, 2.45) is 5.92 Å². The van der Waals surface area contributed by atoms with Gasteiger partial charge in [0.2, 0.25) is 5.91 Å². The van der Waals surface area contributed by atoms with Crippen LogP contribution in [0.5, 0.6) is 0 Å². The molecule has 2 unspecified atom stereocenters. The number of carbonyl (C=O) groups excluding carboxylic acids is 1. The van der Waals surface area contributed by atoms with Crippen molar-refractivity contribution in [2.45, 2.75) is 32.3 Å². The van der Waals surface area contributed by atoms with E-state index < -0.39 is 6.10 Å². The maximum Gasteiger partial charge on any atom is 0.222 e. The lowest BCUT2D eigenvalue weighted by Crippen LogP contribution is -2.46. The monoisotopic (exact) mass is 374 g/mol. The molecule has 3 aromatic rings. The average molecular weight is 374 g/mol. The van der Waals surface area contributed by atoms with Gasteiger partial charge in [0, 0.05) is 36.7 Å². The standard InChI is InChI=1S/C24H26N2O2/c1-2-24(28)26-12-11-20(23(27)16-26)13-17-7-9-18(10-8-17)21-14-19-5-3-4-6-22(19)25-15-21/h3-10,14-15,20,23,27H,2,11-13,16H2,1H3. The molecule has 1 N–H and O–H groups in total. The second-order valence-corrected chi connectivity index (χ2v) is 7.63. The first-order valence-electron chi connectivity index (χ1n) is 10.0. The highest BCUT2D eigenvalue weighted by atomic mass is 16.3. The molecule has 0 spiro atoms. The highest BCUT2D eigenvalue weighted by Gasteiger charge is 2.29. The summed E-state index contributed by atoms with van der Waals surface area (Å²) in [6, 6.07) is 18.8. The summed E-state index contributed by atoms with van der Waals surface area (Å²) >= 11 is 0. The zero-order chi connectivity index (χ0) is 19.5. The number of aliphatic hydroxyl groups is 1. The number of β-amino-alcohol motifs (C(OH)–C–C–N with tert-alkyl or cyclic N) is 1. The van der Waals surface area contributed by atoms with Crippen molar-refractivity contribution < 1.29 is 9.90 Å². The SMILES string of the molecule is CCC(=O)N1CCC(Cc2ccc(-c3cnc4ccccc4c3)cc2)C(O)C1. The van der Waals surface area contributed by atoms with Crippen LogP contribution in [-0.2, 0) is 11.2 Å². The first kappa shape index (κ1) is 18.6. The fraction of sp³-hybridized carbons (Fsp3) is 0.333. The van der Waals surface area contributed by atoms with Crippen molar-refractivity contribution in [3.8, 4) is 11.1 Å². The number of hydrogen-bond donors (Lipinski definition) is 1. The van der Waals surface area contributed by atoms with Crippen molar-refractivity contribution in [2.75, 3.05) is 13.1 Å². The van der Waals surface area contributed by atoms with E-state index in [1.165, 1.54) is 5.56 Å². The van der Waals surface area contributed by atoms with E-state index in [1.54, 1.807) is 4.90 Å². The molecule has 1 aliphatic heterocycles. The summed E-state index contributed by atoms with van der Waals surface area (Å²) in [4.78, 5) is 18.2. The minimum Gasteiger partial charge on any atom is -0.391 e. The lowest BCUT2D eigenvalue weighted by atomic mass is 9.87. The van der Waals surface area contributed by atoms with E-state index in [0.717, 1.165) is 41.4 Å². The Morgan fingerprint density at radius 1 is 1.14 bits per heavy atom. The number of pyridine rings is 1. The van der Waals surface area contributed by atoms with Crippen molar-refractivity contribution in [3.63, 3.8) is 0 Å². The molecule has 0 bridgehead atoms. The van der Waals surface area contributed by atoms with Gasteiger partial charge in [0.15, 0.2) is 0 Å². The third kappa shape index (κ3) is 3.92. The number of carbonyl (C=O) groups is 1. The van der Waals surface area contributed by atoms with Crippen LogP contribution in [0.2, 0.25) is 0 Å². The number of rotatable bonds is 4. The van der Waals surface area contributed by atoms with Crippen LogP contribution in [0.25, 0.3) is 22.0 Å². The molecule has 4 heteroatoms. The topological polar surface area (TPSA) is 53.4 Å². The van der Waals surface area contributed by atoms with Crippen LogP contribution in [0.1, 0.15) is 25.3 Å². The minimum atomic E-state index is -0.450. The maximum atomic E-state index is 11.8. The number of fused-ring (bicyclic) bond motifs is 1. The molecule has 2 aromatic carbocycles. The molecular formula is C24H26N2O2. The van der Waals surface area contributed by atoms with Crippen LogP contribution in [0, 0.1) is 5.92 Å². The minimum absolute atomic E-state index is 0.130. The van der Waals surface area contributed by atoms with Gasteiger partial charge >= 0.3 is 0 Å². The van der Waals surface area contributed by atoms with Gasteiger partial charge in [0.1, 0.15) is 0 Å². The molecule has 2 atom stereocenters. The Morgan fingerprint density at radius 2 is 1.93 bits per heavy atom. The number of aromatic nitrogens is 1. The Bertz CT molecular complexity index is 968. The number of aliphatic hydroxyl groups excluding tert-OH is 1. The van der Waals surface area contributed by atoms with E-state index >= 15 is 0 Å². The fourth-order valence-corrected chi connectivity index (χ4v) is 4.03. The molecule has 4 rings (SSSR count). The predicted octanol–water partition coefficient (Wildman–Crippen LogP) is 4.06. The molecule has 28 heavy (non-hydrogen) atoms. The van der Waals surface area contributed by atoms with Crippen LogP contribution in [0.4, 0.5) is 0 Å². The van der Waals surface area contributed by atoms with E-state index in [4.69, 9.17) is 0 Å². The molecule has 1 aromatic heterocycles. The highest BCUT2D eigenvalue weighted by Crippen LogP contribution is 2.26. The highest BCUT2D eigenvalue weighted by molar-refractivity contribution is 5.83. The smallest absolute Gasteiger partial charge is 0.222 e. The summed E-state index contributed by atoms with van der Waals surface area (Å²) in [6.07, 6.45) is 3.66. The van der Waals surface area contributed by atoms with Gasteiger partial charge in [-0.05, 0) is 42.0 Å². The molecule has 1 amide bonds. The Kier molecular flexibility index (Phi) is 5.40. The Hall–Kier alpha value is -2.72. The Balaban J connectivity index is 1.44. The first-order valence-corrected chi connectivity index (χ1v) is 10.0. The summed E-state index contributed by atoms with van der Waals surface area (Å²) < 4.78 is 0. The van der Waals surface area contributed by atoms with Gasteiger partial charge in [-0.25, -0.2) is 0 Å². The van der Waals surface area contributed by atoms with Crippen LogP contribution < -0.4 is 0 Å². The van der Waals surface area contributed by atoms with E-state index in [2.05, 4.69) is 41.4 Å². The van der Waals surface area contributed by atoms with Gasteiger partial charge in [-0.3, -0.25) is 9.78 Å². The number of piperidine rings is 1. The zero-order valence-electron chi connectivity index (χ0n) is 16.2. The fourth-order valence-electron chi connectivity index (χ4n) is 4.03. The van der Waals surface area contributed by atoms with Gasteiger partial charge in [-0.1, -0.05) is 49.4 Å². The summed E-state index contributed by atoms with van der Waals surface area (Å²) in [6.45, 7) is 3.07. The van der Waals surface area contributed by atoms with Gasteiger partial charge in [-0.2, -0.15) is 0 Å².